The minimum absolute atomic E-state index is 0.0348. The van der Waals surface area contributed by atoms with E-state index >= 15 is 0 Å². The Morgan fingerprint density at radius 1 is 0.721 bits per heavy atom. The number of hydrogen-bond donors (Lipinski definition) is 4. The van der Waals surface area contributed by atoms with Crippen LogP contribution in [0.2, 0.25) is 0 Å². The Kier molecular flexibility index (Phi) is 16.4. The summed E-state index contributed by atoms with van der Waals surface area (Å²) in [6.07, 6.45) is -23.9. The van der Waals surface area contributed by atoms with Crippen molar-refractivity contribution in [2.75, 3.05) is 52.6 Å². The van der Waals surface area contributed by atoms with Crippen molar-refractivity contribution >= 4 is 29.6 Å². The van der Waals surface area contributed by atoms with Gasteiger partial charge in [0.1, 0.15) is 0 Å². The molecule has 0 spiro atoms. The number of hydrogen-bond acceptors (Lipinski definition) is 12. The third-order valence-corrected chi connectivity index (χ3v) is 4.19. The first-order valence-corrected chi connectivity index (χ1v) is 11.8. The highest BCUT2D eigenvalue weighted by Crippen LogP contribution is 2.43. The van der Waals surface area contributed by atoms with Gasteiger partial charge in [-0.3, -0.25) is 19.2 Å². The zero-order valence-electron chi connectivity index (χ0n) is 22.3. The maximum atomic E-state index is 13.4. The van der Waals surface area contributed by atoms with Crippen molar-refractivity contribution in [3.63, 3.8) is 0 Å². The lowest BCUT2D eigenvalue weighted by Crippen LogP contribution is -2.57. The van der Waals surface area contributed by atoms with Gasteiger partial charge in [-0.25, -0.2) is 14.3 Å². The van der Waals surface area contributed by atoms with Crippen LogP contribution in [0.3, 0.4) is 0 Å². The molecule has 250 valence electrons. The average molecular weight is 651 g/mol. The lowest BCUT2D eigenvalue weighted by atomic mass is 10.4. The minimum Gasteiger partial charge on any atom is -0.378 e. The fourth-order valence-electron chi connectivity index (χ4n) is 2.37. The van der Waals surface area contributed by atoms with Gasteiger partial charge in [-0.05, 0) is 0 Å². The number of nitrogens with two attached hydrogens (primary N) is 2. The Morgan fingerprint density at radius 3 is 1.37 bits per heavy atom. The molecule has 0 aromatic carbocycles. The van der Waals surface area contributed by atoms with Crippen LogP contribution >= 0.6 is 0 Å². The van der Waals surface area contributed by atoms with Gasteiger partial charge < -0.3 is 36.4 Å². The predicted octanol–water partition coefficient (Wildman–Crippen LogP) is -0.813. The molecule has 0 aromatic rings. The van der Waals surface area contributed by atoms with Gasteiger partial charge in [0.2, 0.25) is 0 Å². The van der Waals surface area contributed by atoms with Crippen molar-refractivity contribution in [1.82, 2.24) is 15.7 Å². The van der Waals surface area contributed by atoms with Crippen molar-refractivity contribution in [2.24, 2.45) is 11.5 Å². The Bertz CT molecular complexity index is 895. The van der Waals surface area contributed by atoms with E-state index in [1.54, 1.807) is 0 Å². The van der Waals surface area contributed by atoms with Gasteiger partial charge in [0.15, 0.2) is 0 Å². The van der Waals surface area contributed by atoms with E-state index in [1.165, 1.54) is 10.6 Å². The molecule has 15 nitrogen and oxygen atoms in total. The van der Waals surface area contributed by atoms with Gasteiger partial charge in [-0.15, -0.1) is 5.06 Å². The zero-order chi connectivity index (χ0) is 33.5. The standard InChI is InChI=1S/C14H22F8N4O6.C6H7NO4/c15-11(16,9(27)25-3-7-29-5-1-23)31-13(19,20)14(21,22)32-12(17,18)10(28)26-4-8-30-6-2-24;1-4(8)11-7-5(9)2-3-6(7)10/h1-8,23-24H2,(H,25,27)(H,26,28);2-3H2,1H3. The van der Waals surface area contributed by atoms with Crippen LogP contribution in [-0.2, 0) is 47.8 Å². The molecular formula is C20H29F8N5O10. The molecule has 0 bridgehead atoms. The molecule has 1 rings (SSSR count). The van der Waals surface area contributed by atoms with Gasteiger partial charge in [0.05, 0.1) is 26.4 Å². The second kappa shape index (κ2) is 17.8. The first-order chi connectivity index (χ1) is 19.7. The molecule has 4 amide bonds. The third-order valence-electron chi connectivity index (χ3n) is 4.19. The number of hydroxylamine groups is 2. The lowest BCUT2D eigenvalue weighted by molar-refractivity contribution is -0.499. The number of amides is 4. The van der Waals surface area contributed by atoms with Crippen molar-refractivity contribution in [2.45, 2.75) is 44.2 Å². The molecular weight excluding hydrogens is 622 g/mol. The lowest BCUT2D eigenvalue weighted by Gasteiger charge is -2.30. The van der Waals surface area contributed by atoms with Gasteiger partial charge in [0.25, 0.3) is 11.8 Å². The SMILES string of the molecule is CC(=O)ON1C(=O)CCC1=O.NCCOCCNC(=O)C(F)(F)OC(F)(F)C(F)(F)OC(F)(F)C(=O)NCCOCCN. The molecule has 0 atom stereocenters. The molecule has 1 aliphatic rings. The summed E-state index contributed by atoms with van der Waals surface area (Å²) in [6, 6.07) is 0. The fraction of sp³-hybridized carbons (Fsp3) is 0.750. The number of halogens is 8. The number of imide groups is 1. The fourth-order valence-corrected chi connectivity index (χ4v) is 2.37. The van der Waals surface area contributed by atoms with Crippen LogP contribution in [0.5, 0.6) is 0 Å². The van der Waals surface area contributed by atoms with Crippen LogP contribution in [0.15, 0.2) is 0 Å². The van der Waals surface area contributed by atoms with E-state index in [-0.39, 0.29) is 39.1 Å². The molecule has 0 radical (unpaired) electrons. The molecule has 0 saturated carbocycles. The van der Waals surface area contributed by atoms with Gasteiger partial charge in [-0.1, -0.05) is 0 Å². The molecule has 0 aromatic heterocycles. The second-order valence-electron chi connectivity index (χ2n) is 7.75. The topological polar surface area (TPSA) is 211 Å². The zero-order valence-corrected chi connectivity index (χ0v) is 22.3. The average Bonchev–Trinajstić information content (AvgIpc) is 3.19. The van der Waals surface area contributed by atoms with E-state index in [0.717, 1.165) is 6.92 Å². The number of nitrogens with one attached hydrogen (secondary N) is 2. The summed E-state index contributed by atoms with van der Waals surface area (Å²) in [6.45, 7) is -0.995. The van der Waals surface area contributed by atoms with Crippen LogP contribution < -0.4 is 22.1 Å². The molecule has 0 aliphatic carbocycles. The molecule has 1 aliphatic heterocycles. The smallest absolute Gasteiger partial charge is 0.378 e. The Labute approximate surface area is 237 Å². The first kappa shape index (κ1) is 39.8. The van der Waals surface area contributed by atoms with Crippen molar-refractivity contribution in [1.29, 1.82) is 0 Å². The first-order valence-electron chi connectivity index (χ1n) is 11.8. The van der Waals surface area contributed by atoms with E-state index in [0.29, 0.717) is 5.06 Å². The summed E-state index contributed by atoms with van der Waals surface area (Å²) in [4.78, 5) is 58.5. The van der Waals surface area contributed by atoms with E-state index in [9.17, 15) is 59.1 Å². The van der Waals surface area contributed by atoms with E-state index in [4.69, 9.17) is 11.5 Å². The maximum absolute atomic E-state index is 13.4. The molecule has 23 heteroatoms. The number of alkyl halides is 8. The predicted molar refractivity (Wildman–Crippen MR) is 121 cm³/mol. The van der Waals surface area contributed by atoms with Crippen LogP contribution in [0.4, 0.5) is 35.1 Å². The third kappa shape index (κ3) is 14.2. The summed E-state index contributed by atoms with van der Waals surface area (Å²) in [7, 11) is 0. The highest BCUT2D eigenvalue weighted by atomic mass is 19.3. The maximum Gasteiger partial charge on any atom is 0.453 e. The van der Waals surface area contributed by atoms with Gasteiger partial charge in [0, 0.05) is 45.9 Å². The van der Waals surface area contributed by atoms with Crippen LogP contribution in [0, 0.1) is 0 Å². The van der Waals surface area contributed by atoms with Crippen LogP contribution in [0.25, 0.3) is 0 Å². The Balaban J connectivity index is 0.00000133. The van der Waals surface area contributed by atoms with Crippen molar-refractivity contribution in [3.8, 4) is 0 Å². The summed E-state index contributed by atoms with van der Waals surface area (Å²) >= 11 is 0. The number of carbonyl (C=O) groups excluding carboxylic acids is 5. The quantitative estimate of drug-likeness (QED) is 0.0815. The molecule has 1 fully saturated rings. The summed E-state index contributed by atoms with van der Waals surface area (Å²) in [5.41, 5.74) is 10.1. The van der Waals surface area contributed by atoms with Gasteiger partial charge in [-0.2, -0.15) is 35.1 Å². The number of carbonyl (C=O) groups is 5. The number of ether oxygens (including phenoxy) is 4. The van der Waals surface area contributed by atoms with E-state index in [1.807, 2.05) is 0 Å². The second-order valence-corrected chi connectivity index (χ2v) is 7.75. The molecule has 1 heterocycles. The molecule has 43 heavy (non-hydrogen) atoms. The monoisotopic (exact) mass is 651 g/mol. The molecule has 6 N–H and O–H groups in total. The van der Waals surface area contributed by atoms with Crippen LogP contribution in [-0.4, -0.2) is 112 Å². The van der Waals surface area contributed by atoms with Gasteiger partial charge >= 0.3 is 42.2 Å². The van der Waals surface area contributed by atoms with E-state index in [2.05, 4.69) is 23.8 Å². The highest BCUT2D eigenvalue weighted by molar-refractivity contribution is 6.01. The summed E-state index contributed by atoms with van der Waals surface area (Å²) in [5, 5.41) is 3.17. The number of nitrogens with zero attached hydrogens (tertiary/aromatic N) is 1. The normalized spacial score (nSPS) is 14.3. The van der Waals surface area contributed by atoms with E-state index < -0.39 is 80.3 Å². The minimum atomic E-state index is -6.47. The summed E-state index contributed by atoms with van der Waals surface area (Å²) < 4.78 is 122. The van der Waals surface area contributed by atoms with Crippen LogP contribution in [0.1, 0.15) is 19.8 Å². The Morgan fingerprint density at radius 2 is 1.07 bits per heavy atom. The highest BCUT2D eigenvalue weighted by Gasteiger charge is 2.69. The number of rotatable bonds is 18. The summed E-state index contributed by atoms with van der Waals surface area (Å²) in [5.74, 6) is -6.78. The molecule has 0 unspecified atom stereocenters. The Hall–Kier alpha value is -3.25. The largest absolute Gasteiger partial charge is 0.453 e. The van der Waals surface area contributed by atoms with Crippen molar-refractivity contribution < 1.29 is 82.9 Å². The van der Waals surface area contributed by atoms with Crippen molar-refractivity contribution in [3.05, 3.63) is 0 Å². The molecule has 1 saturated heterocycles.